The molecule has 6 atom stereocenters. The summed E-state index contributed by atoms with van der Waals surface area (Å²) in [4.78, 5) is 54.6. The van der Waals surface area contributed by atoms with E-state index in [0.29, 0.717) is 5.69 Å². The Morgan fingerprint density at radius 2 is 1.67 bits per heavy atom. The molecule has 1 saturated heterocycles. The van der Waals surface area contributed by atoms with Gasteiger partial charge >= 0.3 is 15.6 Å². The fourth-order valence-corrected chi connectivity index (χ4v) is 7.50. The van der Waals surface area contributed by atoms with Crippen LogP contribution in [0.2, 0.25) is 0 Å². The van der Waals surface area contributed by atoms with Crippen molar-refractivity contribution in [1.29, 1.82) is 0 Å². The van der Waals surface area contributed by atoms with Gasteiger partial charge in [-0.15, -0.1) is 0 Å². The number of ether oxygens (including phenoxy) is 1. The molecule has 8 N–H and O–H groups in total. The standard InChI is InChI=1S/C29H32N6O12P2/c30-29-33-26-23(27(39)34-29)31-15-35(26)28-25(38)24(37)21(46-28)14-45-49(42,43)47-48(40,41)44-10-4-3-7-22(36)32-20-9-8-18-11-16-5-1-2-6-17(16)12-19(18)13-20/h1-2,5-6,8-9,11-13,15,21,24-25,28,37-38H,3-4,7,10,14H2,(H,32,36)(H,40,41)(H,42,43)(H3,30,33,34,39)/t21-,24-,25-,28-/m1/s1. The fraction of sp³-hybridized carbons (Fsp3) is 0.310. The summed E-state index contributed by atoms with van der Waals surface area (Å²) in [7, 11) is -10.4. The van der Waals surface area contributed by atoms with Crippen molar-refractivity contribution in [3.63, 3.8) is 0 Å². The number of carbonyl (C=O) groups excluding carboxylic acids is 1. The first kappa shape index (κ1) is 34.8. The number of rotatable bonds is 13. The highest BCUT2D eigenvalue weighted by atomic mass is 31.3. The number of imidazole rings is 1. The lowest BCUT2D eigenvalue weighted by Gasteiger charge is -2.19. The third-order valence-electron chi connectivity index (χ3n) is 7.71. The van der Waals surface area contributed by atoms with Gasteiger partial charge in [-0.2, -0.15) is 9.29 Å². The Bertz CT molecular complexity index is 2180. The monoisotopic (exact) mass is 718 g/mol. The number of hydrogen-bond donors (Lipinski definition) is 7. The van der Waals surface area contributed by atoms with E-state index in [-0.39, 0.29) is 48.9 Å². The summed E-state index contributed by atoms with van der Waals surface area (Å²) in [5.74, 6) is -0.520. The summed E-state index contributed by atoms with van der Waals surface area (Å²) in [6, 6.07) is 17.7. The number of carbonyl (C=O) groups is 1. The van der Waals surface area contributed by atoms with Gasteiger partial charge in [0.2, 0.25) is 11.9 Å². The van der Waals surface area contributed by atoms with E-state index in [1.807, 2.05) is 42.5 Å². The molecule has 2 aromatic heterocycles. The highest BCUT2D eigenvalue weighted by Crippen LogP contribution is 2.60. The fourth-order valence-electron chi connectivity index (χ4n) is 5.38. The van der Waals surface area contributed by atoms with Gasteiger partial charge in [-0.05, 0) is 58.7 Å². The average molecular weight is 719 g/mol. The van der Waals surface area contributed by atoms with E-state index in [2.05, 4.69) is 30.6 Å². The van der Waals surface area contributed by atoms with E-state index in [4.69, 9.17) is 19.5 Å². The molecule has 5 aromatic rings. The molecule has 260 valence electrons. The molecule has 0 spiro atoms. The van der Waals surface area contributed by atoms with E-state index in [1.54, 1.807) is 6.07 Å². The number of H-pyrrole nitrogens is 1. The highest BCUT2D eigenvalue weighted by molar-refractivity contribution is 7.61. The van der Waals surface area contributed by atoms with Crippen LogP contribution in [0.15, 0.2) is 65.7 Å². The number of nitrogens with zero attached hydrogens (tertiary/aromatic N) is 3. The number of unbranched alkanes of at least 4 members (excludes halogenated alkanes) is 1. The first-order valence-corrected chi connectivity index (χ1v) is 17.9. The maximum atomic E-state index is 12.5. The second-order valence-electron chi connectivity index (χ2n) is 11.2. The van der Waals surface area contributed by atoms with Crippen LogP contribution in [0.4, 0.5) is 11.6 Å². The Labute approximate surface area is 276 Å². The molecule has 0 aliphatic carbocycles. The Kier molecular flexibility index (Phi) is 9.97. The van der Waals surface area contributed by atoms with Crippen molar-refractivity contribution >= 4 is 65.9 Å². The van der Waals surface area contributed by atoms with Gasteiger partial charge in [0.1, 0.15) is 18.3 Å². The SMILES string of the molecule is Nc1nc2c(ncn2[C@@H]2O[C@H](COP(=O)(O)OP(=O)(O)OCCCCC(=O)Nc3ccc4cc5ccccc5cc4c3)[C@@H](O)[C@H]2O)c(=O)[nH]1. The predicted molar refractivity (Wildman–Crippen MR) is 175 cm³/mol. The summed E-state index contributed by atoms with van der Waals surface area (Å²) in [6.45, 7) is -1.25. The van der Waals surface area contributed by atoms with Crippen LogP contribution in [0, 0.1) is 0 Å². The molecule has 6 rings (SSSR count). The zero-order valence-electron chi connectivity index (χ0n) is 25.5. The number of nitrogens with two attached hydrogens (primary N) is 1. The number of aliphatic hydroxyl groups is 2. The second kappa shape index (κ2) is 14.0. The number of hydrogen-bond acceptors (Lipinski definition) is 13. The van der Waals surface area contributed by atoms with Crippen LogP contribution in [-0.2, 0) is 32.0 Å². The van der Waals surface area contributed by atoms with Gasteiger partial charge in [0.15, 0.2) is 17.4 Å². The van der Waals surface area contributed by atoms with Crippen LogP contribution >= 0.6 is 15.6 Å². The van der Waals surface area contributed by atoms with Crippen LogP contribution < -0.4 is 16.6 Å². The quantitative estimate of drug-likeness (QED) is 0.0524. The van der Waals surface area contributed by atoms with E-state index in [0.717, 1.165) is 32.4 Å². The molecule has 2 unspecified atom stereocenters. The maximum absolute atomic E-state index is 12.5. The number of phosphoric acid groups is 2. The topological polar surface area (TPSA) is 271 Å². The van der Waals surface area contributed by atoms with Crippen molar-refractivity contribution < 1.29 is 52.0 Å². The Morgan fingerprint density at radius 1 is 0.980 bits per heavy atom. The molecule has 0 saturated carbocycles. The molecule has 3 heterocycles. The summed E-state index contributed by atoms with van der Waals surface area (Å²) in [6.07, 6.45) is -4.49. The van der Waals surface area contributed by atoms with Crippen molar-refractivity contribution in [2.45, 2.75) is 43.8 Å². The summed E-state index contributed by atoms with van der Waals surface area (Å²) >= 11 is 0. The Hall–Kier alpha value is -4.06. The number of aromatic nitrogens is 4. The van der Waals surface area contributed by atoms with Gasteiger partial charge in [0.25, 0.3) is 5.56 Å². The van der Waals surface area contributed by atoms with Gasteiger partial charge in [0, 0.05) is 12.1 Å². The van der Waals surface area contributed by atoms with E-state index in [9.17, 15) is 38.7 Å². The molecule has 3 aromatic carbocycles. The minimum absolute atomic E-state index is 0.0620. The third-order valence-corrected chi connectivity index (χ3v) is 10.3. The van der Waals surface area contributed by atoms with E-state index < -0.39 is 52.4 Å². The van der Waals surface area contributed by atoms with Crippen LogP contribution in [0.1, 0.15) is 25.5 Å². The normalized spacial score (nSPS) is 22.0. The van der Waals surface area contributed by atoms with Crippen LogP contribution in [0.5, 0.6) is 0 Å². The lowest BCUT2D eigenvalue weighted by atomic mass is 10.0. The number of benzene rings is 3. The minimum atomic E-state index is -5.25. The third kappa shape index (κ3) is 8.06. The maximum Gasteiger partial charge on any atom is 0.481 e. The molecule has 0 bridgehead atoms. The number of amides is 1. The lowest BCUT2D eigenvalue weighted by molar-refractivity contribution is -0.116. The number of aromatic amines is 1. The van der Waals surface area contributed by atoms with Gasteiger partial charge in [-0.1, -0.05) is 30.3 Å². The largest absolute Gasteiger partial charge is 0.481 e. The molecule has 20 heteroatoms. The van der Waals surface area contributed by atoms with Crippen molar-refractivity contribution in [2.75, 3.05) is 24.3 Å². The highest BCUT2D eigenvalue weighted by Gasteiger charge is 2.46. The zero-order valence-corrected chi connectivity index (χ0v) is 27.3. The molecule has 0 radical (unpaired) electrons. The first-order valence-electron chi connectivity index (χ1n) is 14.9. The van der Waals surface area contributed by atoms with Gasteiger partial charge in [0.05, 0.1) is 19.5 Å². The van der Waals surface area contributed by atoms with Crippen molar-refractivity contribution in [3.8, 4) is 0 Å². The Balaban J connectivity index is 0.938. The van der Waals surface area contributed by atoms with Crippen molar-refractivity contribution in [2.24, 2.45) is 0 Å². The van der Waals surface area contributed by atoms with Gasteiger partial charge < -0.3 is 35.8 Å². The second-order valence-corrected chi connectivity index (χ2v) is 14.3. The number of fused-ring (bicyclic) bond motifs is 3. The summed E-state index contributed by atoms with van der Waals surface area (Å²) < 4.78 is 45.2. The van der Waals surface area contributed by atoms with Crippen LogP contribution in [0.25, 0.3) is 32.7 Å². The summed E-state index contributed by atoms with van der Waals surface area (Å²) in [5.41, 5.74) is 5.35. The molecule has 49 heavy (non-hydrogen) atoms. The number of aliphatic hydroxyl groups excluding tert-OH is 2. The lowest BCUT2D eigenvalue weighted by Crippen LogP contribution is -2.33. The van der Waals surface area contributed by atoms with Crippen molar-refractivity contribution in [1.82, 2.24) is 19.5 Å². The van der Waals surface area contributed by atoms with E-state index >= 15 is 0 Å². The number of phosphoric ester groups is 2. The molecule has 1 aliphatic rings. The number of nitrogens with one attached hydrogen (secondary N) is 2. The molecular weight excluding hydrogens is 686 g/mol. The van der Waals surface area contributed by atoms with Crippen molar-refractivity contribution in [3.05, 3.63) is 71.3 Å². The molecule has 1 amide bonds. The minimum Gasteiger partial charge on any atom is -0.387 e. The number of anilines is 2. The molecule has 1 aliphatic heterocycles. The molecular formula is C29H32N6O12P2. The molecule has 18 nitrogen and oxygen atoms in total. The first-order chi connectivity index (χ1) is 23.3. The Morgan fingerprint density at radius 3 is 2.43 bits per heavy atom. The zero-order chi connectivity index (χ0) is 34.9. The van der Waals surface area contributed by atoms with E-state index in [1.165, 1.54) is 0 Å². The average Bonchev–Trinajstić information content (AvgIpc) is 3.58. The van der Waals surface area contributed by atoms with Crippen LogP contribution in [0.3, 0.4) is 0 Å². The molecule has 1 fully saturated rings. The smallest absolute Gasteiger partial charge is 0.387 e. The van der Waals surface area contributed by atoms with Gasteiger partial charge in [-0.3, -0.25) is 28.2 Å². The van der Waals surface area contributed by atoms with Crippen LogP contribution in [-0.4, -0.2) is 77.0 Å². The predicted octanol–water partition coefficient (Wildman–Crippen LogP) is 2.69. The number of nitrogen functional groups attached to an aromatic ring is 1. The summed E-state index contributed by atoms with van der Waals surface area (Å²) in [5, 5.41) is 28.0. The van der Waals surface area contributed by atoms with Gasteiger partial charge in [-0.25, -0.2) is 14.1 Å².